The van der Waals surface area contributed by atoms with Gasteiger partial charge in [0.15, 0.2) is 0 Å². The van der Waals surface area contributed by atoms with Gasteiger partial charge >= 0.3 is 0 Å². The van der Waals surface area contributed by atoms with Crippen molar-refractivity contribution in [3.8, 4) is 0 Å². The van der Waals surface area contributed by atoms with Crippen LogP contribution in [0.4, 0.5) is 0 Å². The number of hydrogen-bond acceptors (Lipinski definition) is 2. The van der Waals surface area contributed by atoms with Crippen molar-refractivity contribution in [2.24, 2.45) is 11.3 Å². The number of amides is 1. The third kappa shape index (κ3) is 9.33. The van der Waals surface area contributed by atoms with Gasteiger partial charge in [-0.2, -0.15) is 0 Å². The predicted molar refractivity (Wildman–Crippen MR) is 83.6 cm³/mol. The van der Waals surface area contributed by atoms with E-state index in [1.807, 2.05) is 13.8 Å². The van der Waals surface area contributed by atoms with Crippen LogP contribution in [0.5, 0.6) is 0 Å². The third-order valence-electron chi connectivity index (χ3n) is 2.81. The summed E-state index contributed by atoms with van der Waals surface area (Å²) in [6.07, 6.45) is 1.31. The first-order valence-corrected chi connectivity index (χ1v) is 8.41. The Bertz CT molecular complexity index is 282. The van der Waals surface area contributed by atoms with E-state index in [1.54, 1.807) is 0 Å². The molecule has 0 aliphatic rings. The van der Waals surface area contributed by atoms with Gasteiger partial charge in [-0.1, -0.05) is 34.6 Å². The molecule has 1 amide bonds. The summed E-state index contributed by atoms with van der Waals surface area (Å²) >= 11 is -0.996. The SMILES string of the molecule is CC(C)CCNC(=O)CC(C)(C)[S+]([O-])CC(C)(C)C. The van der Waals surface area contributed by atoms with E-state index >= 15 is 0 Å². The van der Waals surface area contributed by atoms with E-state index in [9.17, 15) is 9.35 Å². The van der Waals surface area contributed by atoms with Crippen LogP contribution in [0.15, 0.2) is 0 Å². The second-order valence-electron chi connectivity index (χ2n) is 7.52. The van der Waals surface area contributed by atoms with Gasteiger partial charge in [-0.3, -0.25) is 4.79 Å². The summed E-state index contributed by atoms with van der Waals surface area (Å²) in [7, 11) is 0. The van der Waals surface area contributed by atoms with Crippen molar-refractivity contribution in [1.29, 1.82) is 0 Å². The van der Waals surface area contributed by atoms with Gasteiger partial charge < -0.3 is 9.87 Å². The van der Waals surface area contributed by atoms with E-state index in [2.05, 4.69) is 39.9 Å². The second-order valence-corrected chi connectivity index (χ2v) is 9.60. The maximum absolute atomic E-state index is 12.3. The number of rotatable bonds is 7. The Morgan fingerprint density at radius 2 is 1.74 bits per heavy atom. The standard InChI is InChI=1S/C15H31NO2S/c1-12(2)8-9-16-13(17)10-15(6,7)19(18)11-14(3,4)5/h12H,8-11H2,1-7H3,(H,16,17). The minimum Gasteiger partial charge on any atom is -0.616 e. The molecule has 0 heterocycles. The molecule has 1 atom stereocenters. The van der Waals surface area contributed by atoms with E-state index < -0.39 is 15.9 Å². The Morgan fingerprint density at radius 3 is 2.16 bits per heavy atom. The van der Waals surface area contributed by atoms with Crippen LogP contribution >= 0.6 is 0 Å². The average molecular weight is 289 g/mol. The molecule has 0 aliphatic carbocycles. The van der Waals surface area contributed by atoms with Crippen LogP contribution < -0.4 is 5.32 Å². The molecule has 0 aromatic rings. The van der Waals surface area contributed by atoms with Crippen LogP contribution in [0.1, 0.15) is 61.3 Å². The molecule has 0 saturated carbocycles. The van der Waals surface area contributed by atoms with E-state index in [0.717, 1.165) is 6.42 Å². The fourth-order valence-corrected chi connectivity index (χ4v) is 3.09. The molecule has 3 nitrogen and oxygen atoms in total. The highest BCUT2D eigenvalue weighted by molar-refractivity contribution is 7.92. The lowest BCUT2D eigenvalue weighted by atomic mass is 10.0. The summed E-state index contributed by atoms with van der Waals surface area (Å²) < 4.78 is 11.9. The van der Waals surface area contributed by atoms with Crippen LogP contribution in [0.3, 0.4) is 0 Å². The monoisotopic (exact) mass is 289 g/mol. The number of carbonyl (C=O) groups excluding carboxylic acids is 1. The van der Waals surface area contributed by atoms with Crippen LogP contribution in [-0.2, 0) is 16.0 Å². The average Bonchev–Trinajstić information content (AvgIpc) is 2.12. The van der Waals surface area contributed by atoms with Crippen LogP contribution in [-0.4, -0.2) is 27.5 Å². The summed E-state index contributed by atoms with van der Waals surface area (Å²) in [6.45, 7) is 15.0. The molecule has 0 spiro atoms. The molecule has 1 unspecified atom stereocenters. The third-order valence-corrected chi connectivity index (χ3v) is 5.32. The van der Waals surface area contributed by atoms with E-state index in [4.69, 9.17) is 0 Å². The van der Waals surface area contributed by atoms with Crippen LogP contribution in [0, 0.1) is 11.3 Å². The number of hydrogen-bond donors (Lipinski definition) is 1. The number of nitrogens with one attached hydrogen (secondary N) is 1. The lowest BCUT2D eigenvalue weighted by molar-refractivity contribution is -0.121. The molecule has 1 N–H and O–H groups in total. The maximum atomic E-state index is 12.3. The molecular formula is C15H31NO2S. The Hall–Kier alpha value is -0.220. The zero-order chi connectivity index (χ0) is 15.3. The van der Waals surface area contributed by atoms with E-state index in [0.29, 0.717) is 24.6 Å². The first-order valence-electron chi connectivity index (χ1n) is 7.09. The lowest BCUT2D eigenvalue weighted by Gasteiger charge is -2.32. The van der Waals surface area contributed by atoms with Crippen LogP contribution in [0.25, 0.3) is 0 Å². The first kappa shape index (κ1) is 18.8. The fourth-order valence-electron chi connectivity index (χ4n) is 1.62. The van der Waals surface area contributed by atoms with Crippen molar-refractivity contribution < 1.29 is 9.35 Å². The molecular weight excluding hydrogens is 258 g/mol. The second kappa shape index (κ2) is 7.53. The highest BCUT2D eigenvalue weighted by Gasteiger charge is 2.36. The fraction of sp³-hybridized carbons (Fsp3) is 0.933. The smallest absolute Gasteiger partial charge is 0.225 e. The normalized spacial score (nSPS) is 14.6. The topological polar surface area (TPSA) is 52.2 Å². The maximum Gasteiger partial charge on any atom is 0.225 e. The molecule has 0 saturated heterocycles. The van der Waals surface area contributed by atoms with Crippen molar-refractivity contribution in [2.75, 3.05) is 12.3 Å². The molecule has 0 radical (unpaired) electrons. The Morgan fingerprint density at radius 1 is 1.21 bits per heavy atom. The molecule has 0 rings (SSSR count). The van der Waals surface area contributed by atoms with Gasteiger partial charge in [0.25, 0.3) is 0 Å². The summed E-state index contributed by atoms with van der Waals surface area (Å²) in [5.74, 6) is 1.22. The van der Waals surface area contributed by atoms with Crippen molar-refractivity contribution in [2.45, 2.75) is 66.1 Å². The molecule has 0 aromatic heterocycles. The molecule has 0 aromatic carbocycles. The highest BCUT2D eigenvalue weighted by atomic mass is 32.2. The highest BCUT2D eigenvalue weighted by Crippen LogP contribution is 2.27. The van der Waals surface area contributed by atoms with Gasteiger partial charge in [-0.15, -0.1) is 0 Å². The summed E-state index contributed by atoms with van der Waals surface area (Å²) in [6, 6.07) is 0. The van der Waals surface area contributed by atoms with Gasteiger partial charge in [-0.05, 0) is 37.4 Å². The number of carbonyl (C=O) groups is 1. The molecule has 0 bridgehead atoms. The zero-order valence-electron chi connectivity index (χ0n) is 13.6. The first-order chi connectivity index (χ1) is 8.44. The van der Waals surface area contributed by atoms with Crippen molar-refractivity contribution in [3.63, 3.8) is 0 Å². The van der Waals surface area contributed by atoms with Crippen molar-refractivity contribution in [3.05, 3.63) is 0 Å². The van der Waals surface area contributed by atoms with Gasteiger partial charge in [-0.25, -0.2) is 0 Å². The van der Waals surface area contributed by atoms with Gasteiger partial charge in [0.1, 0.15) is 10.5 Å². The Balaban J connectivity index is 4.23. The van der Waals surface area contributed by atoms with E-state index in [1.165, 1.54) is 0 Å². The summed E-state index contributed by atoms with van der Waals surface area (Å²) in [4.78, 5) is 11.9. The van der Waals surface area contributed by atoms with Crippen molar-refractivity contribution >= 4 is 17.1 Å². The summed E-state index contributed by atoms with van der Waals surface area (Å²) in [5, 5.41) is 2.91. The molecule has 19 heavy (non-hydrogen) atoms. The van der Waals surface area contributed by atoms with Gasteiger partial charge in [0.05, 0.1) is 6.42 Å². The predicted octanol–water partition coefficient (Wildman–Crippen LogP) is 3.11. The van der Waals surface area contributed by atoms with Gasteiger partial charge in [0.2, 0.25) is 5.91 Å². The molecule has 4 heteroatoms. The Kier molecular flexibility index (Phi) is 7.45. The minimum absolute atomic E-state index is 0.00732. The molecule has 0 aliphatic heterocycles. The largest absolute Gasteiger partial charge is 0.616 e. The molecule has 0 fully saturated rings. The quantitative estimate of drug-likeness (QED) is 0.732. The van der Waals surface area contributed by atoms with Crippen LogP contribution in [0.2, 0.25) is 0 Å². The van der Waals surface area contributed by atoms with E-state index in [-0.39, 0.29) is 11.3 Å². The van der Waals surface area contributed by atoms with Gasteiger partial charge in [0, 0.05) is 12.0 Å². The summed E-state index contributed by atoms with van der Waals surface area (Å²) in [5.41, 5.74) is 0.0241. The molecule has 114 valence electrons. The minimum atomic E-state index is -0.996. The zero-order valence-corrected chi connectivity index (χ0v) is 14.4. The Labute approximate surface area is 122 Å². The van der Waals surface area contributed by atoms with Crippen molar-refractivity contribution in [1.82, 2.24) is 5.32 Å². The lowest BCUT2D eigenvalue weighted by Crippen LogP contribution is -2.42.